The summed E-state index contributed by atoms with van der Waals surface area (Å²) in [4.78, 5) is 23.2. The Bertz CT molecular complexity index is 1230. The van der Waals surface area contributed by atoms with Crippen LogP contribution in [0.2, 0.25) is 0 Å². The van der Waals surface area contributed by atoms with Crippen molar-refractivity contribution < 1.29 is 22.9 Å². The lowest BCUT2D eigenvalue weighted by Gasteiger charge is -2.17. The summed E-state index contributed by atoms with van der Waals surface area (Å²) in [7, 11) is -0.909. The van der Waals surface area contributed by atoms with E-state index in [-0.39, 0.29) is 34.1 Å². The predicted molar refractivity (Wildman–Crippen MR) is 119 cm³/mol. The molecular weight excluding hydrogens is 434 g/mol. The van der Waals surface area contributed by atoms with Crippen molar-refractivity contribution >= 4 is 27.3 Å². The van der Waals surface area contributed by atoms with Crippen LogP contribution in [-0.2, 0) is 16.6 Å². The van der Waals surface area contributed by atoms with Gasteiger partial charge in [-0.1, -0.05) is 30.3 Å². The molecule has 0 bridgehead atoms. The van der Waals surface area contributed by atoms with Crippen molar-refractivity contribution in [3.05, 3.63) is 94.0 Å². The molecule has 0 aliphatic heterocycles. The number of methoxy groups -OCH3 is 1. The number of nitro groups is 1. The van der Waals surface area contributed by atoms with Gasteiger partial charge in [0.1, 0.15) is 11.4 Å². The van der Waals surface area contributed by atoms with Crippen LogP contribution in [0.15, 0.2) is 77.7 Å². The number of ether oxygens (including phenoxy) is 1. The van der Waals surface area contributed by atoms with Crippen molar-refractivity contribution in [3.8, 4) is 5.75 Å². The van der Waals surface area contributed by atoms with Crippen molar-refractivity contribution in [2.45, 2.75) is 11.4 Å². The summed E-state index contributed by atoms with van der Waals surface area (Å²) in [6, 6.07) is 18.6. The third-order valence-corrected chi connectivity index (χ3v) is 6.54. The van der Waals surface area contributed by atoms with E-state index in [1.165, 1.54) is 60.9 Å². The molecule has 32 heavy (non-hydrogen) atoms. The van der Waals surface area contributed by atoms with Gasteiger partial charge in [-0.3, -0.25) is 14.9 Å². The molecule has 0 aliphatic rings. The number of hydrogen-bond donors (Lipinski definition) is 1. The third-order valence-electron chi connectivity index (χ3n) is 4.72. The Kier molecular flexibility index (Phi) is 6.86. The zero-order chi connectivity index (χ0) is 23.3. The van der Waals surface area contributed by atoms with Crippen LogP contribution < -0.4 is 10.1 Å². The molecule has 0 radical (unpaired) electrons. The zero-order valence-corrected chi connectivity index (χ0v) is 18.2. The number of nitro benzene ring substituents is 1. The second-order valence-electron chi connectivity index (χ2n) is 6.87. The molecule has 10 heteroatoms. The molecule has 0 saturated carbocycles. The number of nitrogens with zero attached hydrogens (tertiary/aromatic N) is 2. The fourth-order valence-electron chi connectivity index (χ4n) is 2.97. The van der Waals surface area contributed by atoms with Gasteiger partial charge in [-0.15, -0.1) is 0 Å². The van der Waals surface area contributed by atoms with E-state index in [1.54, 1.807) is 0 Å². The van der Waals surface area contributed by atoms with E-state index < -0.39 is 20.9 Å². The maximum absolute atomic E-state index is 12.8. The number of hydrogen-bond acceptors (Lipinski definition) is 6. The average molecular weight is 455 g/mol. The summed E-state index contributed by atoms with van der Waals surface area (Å²) in [5, 5.41) is 13.8. The lowest BCUT2D eigenvalue weighted by atomic mass is 10.2. The van der Waals surface area contributed by atoms with Gasteiger partial charge in [0.25, 0.3) is 11.6 Å². The van der Waals surface area contributed by atoms with Crippen LogP contribution in [0.4, 0.5) is 11.4 Å². The molecule has 1 N–H and O–H groups in total. The second kappa shape index (κ2) is 9.58. The number of nitrogens with one attached hydrogen (secondary N) is 1. The molecule has 0 saturated heterocycles. The first-order chi connectivity index (χ1) is 15.2. The first kappa shape index (κ1) is 22.9. The number of amides is 1. The van der Waals surface area contributed by atoms with Gasteiger partial charge in [0, 0.05) is 19.2 Å². The highest BCUT2D eigenvalue weighted by Gasteiger charge is 2.22. The molecule has 0 spiro atoms. The minimum Gasteiger partial charge on any atom is -0.496 e. The molecule has 3 rings (SSSR count). The largest absolute Gasteiger partial charge is 0.496 e. The van der Waals surface area contributed by atoms with E-state index in [4.69, 9.17) is 4.74 Å². The summed E-state index contributed by atoms with van der Waals surface area (Å²) in [5.41, 5.74) is 0.676. The van der Waals surface area contributed by atoms with E-state index in [0.29, 0.717) is 0 Å². The normalized spacial score (nSPS) is 11.2. The SMILES string of the molecule is COc1ccc(NC(=O)c2ccc(S(=O)(=O)N(C)Cc3ccccc3)cc2)c([N+](=O)[O-])c1. The van der Waals surface area contributed by atoms with Gasteiger partial charge < -0.3 is 10.1 Å². The fourth-order valence-corrected chi connectivity index (χ4v) is 4.13. The average Bonchev–Trinajstić information content (AvgIpc) is 2.79. The number of benzene rings is 3. The predicted octanol–water partition coefficient (Wildman–Crippen LogP) is 3.68. The Labute approximate surface area is 185 Å². The number of rotatable bonds is 8. The molecule has 3 aromatic rings. The summed E-state index contributed by atoms with van der Waals surface area (Å²) in [5.74, 6) is -0.330. The van der Waals surface area contributed by atoms with Crippen molar-refractivity contribution in [3.63, 3.8) is 0 Å². The van der Waals surface area contributed by atoms with E-state index in [9.17, 15) is 23.3 Å². The van der Waals surface area contributed by atoms with Crippen molar-refractivity contribution in [2.24, 2.45) is 0 Å². The topological polar surface area (TPSA) is 119 Å². The van der Waals surface area contributed by atoms with Crippen LogP contribution in [0.1, 0.15) is 15.9 Å². The Morgan fingerprint density at radius 2 is 1.72 bits per heavy atom. The summed E-state index contributed by atoms with van der Waals surface area (Å²) in [6.07, 6.45) is 0. The lowest BCUT2D eigenvalue weighted by molar-refractivity contribution is -0.384. The first-order valence-corrected chi connectivity index (χ1v) is 10.9. The van der Waals surface area contributed by atoms with Crippen LogP contribution >= 0.6 is 0 Å². The molecule has 0 unspecified atom stereocenters. The highest BCUT2D eigenvalue weighted by atomic mass is 32.2. The van der Waals surface area contributed by atoms with E-state index in [1.807, 2.05) is 30.3 Å². The Morgan fingerprint density at radius 3 is 2.31 bits per heavy atom. The van der Waals surface area contributed by atoms with Gasteiger partial charge in [-0.2, -0.15) is 4.31 Å². The van der Waals surface area contributed by atoms with Gasteiger partial charge >= 0.3 is 0 Å². The van der Waals surface area contributed by atoms with Crippen LogP contribution in [0.5, 0.6) is 5.75 Å². The molecule has 166 valence electrons. The smallest absolute Gasteiger partial charge is 0.296 e. The molecule has 1 amide bonds. The van der Waals surface area contributed by atoms with Crippen molar-refractivity contribution in [2.75, 3.05) is 19.5 Å². The molecule has 0 aromatic heterocycles. The van der Waals surface area contributed by atoms with E-state index in [2.05, 4.69) is 5.32 Å². The molecule has 9 nitrogen and oxygen atoms in total. The van der Waals surface area contributed by atoms with Crippen LogP contribution in [-0.4, -0.2) is 37.7 Å². The molecule has 0 aliphatic carbocycles. The molecular formula is C22H21N3O6S. The highest BCUT2D eigenvalue weighted by molar-refractivity contribution is 7.89. The van der Waals surface area contributed by atoms with Crippen LogP contribution in [0.25, 0.3) is 0 Å². The maximum Gasteiger partial charge on any atom is 0.296 e. The Morgan fingerprint density at radius 1 is 1.06 bits per heavy atom. The number of carbonyl (C=O) groups is 1. The summed E-state index contributed by atoms with van der Waals surface area (Å²) < 4.78 is 31.8. The summed E-state index contributed by atoms with van der Waals surface area (Å²) >= 11 is 0. The maximum atomic E-state index is 12.8. The van der Waals surface area contributed by atoms with E-state index >= 15 is 0 Å². The van der Waals surface area contributed by atoms with Crippen LogP contribution in [0, 0.1) is 10.1 Å². The monoisotopic (exact) mass is 455 g/mol. The first-order valence-electron chi connectivity index (χ1n) is 9.46. The Hall–Kier alpha value is -3.76. The highest BCUT2D eigenvalue weighted by Crippen LogP contribution is 2.29. The molecule has 0 heterocycles. The van der Waals surface area contributed by atoms with Crippen molar-refractivity contribution in [1.82, 2.24) is 4.31 Å². The molecule has 3 aromatic carbocycles. The standard InChI is InChI=1S/C22H21N3O6S/c1-24(15-16-6-4-3-5-7-16)32(29,30)19-11-8-17(9-12-19)22(26)23-20-13-10-18(31-2)14-21(20)25(27)28/h3-14H,15H2,1-2H3,(H,23,26). The number of anilines is 1. The fraction of sp³-hybridized carbons (Fsp3) is 0.136. The Balaban J connectivity index is 1.76. The lowest BCUT2D eigenvalue weighted by Crippen LogP contribution is -2.26. The quantitative estimate of drug-likeness (QED) is 0.409. The number of sulfonamides is 1. The zero-order valence-electron chi connectivity index (χ0n) is 17.4. The van der Waals surface area contributed by atoms with Gasteiger partial charge in [-0.25, -0.2) is 8.42 Å². The van der Waals surface area contributed by atoms with Crippen LogP contribution in [0.3, 0.4) is 0 Å². The number of carbonyl (C=O) groups excluding carboxylic acids is 1. The minimum absolute atomic E-state index is 0.0000856. The van der Waals surface area contributed by atoms with Gasteiger partial charge in [0.15, 0.2) is 0 Å². The van der Waals surface area contributed by atoms with Gasteiger partial charge in [0.2, 0.25) is 10.0 Å². The third kappa shape index (κ3) is 5.10. The van der Waals surface area contributed by atoms with E-state index in [0.717, 1.165) is 5.56 Å². The van der Waals surface area contributed by atoms with Gasteiger partial charge in [0.05, 0.1) is 23.0 Å². The molecule has 0 fully saturated rings. The molecule has 0 atom stereocenters. The minimum atomic E-state index is -3.77. The van der Waals surface area contributed by atoms with Gasteiger partial charge in [-0.05, 0) is 42.0 Å². The summed E-state index contributed by atoms with van der Waals surface area (Å²) in [6.45, 7) is 0.201. The second-order valence-corrected chi connectivity index (χ2v) is 8.91. The van der Waals surface area contributed by atoms with Crippen molar-refractivity contribution in [1.29, 1.82) is 0 Å².